The molecule has 0 unspecified atom stereocenters. The van der Waals surface area contributed by atoms with Crippen molar-refractivity contribution in [1.82, 2.24) is 0 Å². The van der Waals surface area contributed by atoms with Gasteiger partial charge in [-0.3, -0.25) is 0 Å². The van der Waals surface area contributed by atoms with E-state index in [1.807, 2.05) is 23.5 Å². The number of rotatable bonds is 2. The Hall–Kier alpha value is 0.330. The molecular formula is C5H12N2S2+2. The average molecular weight is 164 g/mol. The first-order valence-electron chi connectivity index (χ1n) is 3.09. The molecule has 0 saturated heterocycles. The summed E-state index contributed by atoms with van der Waals surface area (Å²) in [6.45, 7) is 2.17. The molecule has 0 spiro atoms. The van der Waals surface area contributed by atoms with Crippen LogP contribution in [0.15, 0.2) is 0 Å². The summed E-state index contributed by atoms with van der Waals surface area (Å²) in [7, 11) is 0. The third-order valence-corrected chi connectivity index (χ3v) is 3.40. The highest BCUT2D eigenvalue weighted by atomic mass is 32.2. The summed E-state index contributed by atoms with van der Waals surface area (Å²) >= 11 is 3.81. The van der Waals surface area contributed by atoms with Gasteiger partial charge in [0.25, 0.3) is 4.38 Å². The third-order valence-electron chi connectivity index (χ3n) is 0.982. The summed E-state index contributed by atoms with van der Waals surface area (Å²) in [5.74, 6) is 2.38. The van der Waals surface area contributed by atoms with E-state index in [0.717, 1.165) is 18.8 Å². The van der Waals surface area contributed by atoms with Crippen LogP contribution < -0.4 is 10.7 Å². The van der Waals surface area contributed by atoms with Gasteiger partial charge in [0.05, 0.1) is 18.1 Å². The molecular weight excluding hydrogens is 152 g/mol. The Balaban J connectivity index is 2.11. The van der Waals surface area contributed by atoms with Gasteiger partial charge in [-0.05, 0) is 23.5 Å². The Morgan fingerprint density at radius 3 is 3.22 bits per heavy atom. The molecule has 1 aliphatic heterocycles. The summed E-state index contributed by atoms with van der Waals surface area (Å²) in [6, 6.07) is 0. The largest absolute Gasteiger partial charge is 0.357 e. The molecule has 0 fully saturated rings. The fourth-order valence-electron chi connectivity index (χ4n) is 0.605. The first-order valence-corrected chi connectivity index (χ1v) is 5.06. The minimum Gasteiger partial charge on any atom is -0.357 e. The summed E-state index contributed by atoms with van der Waals surface area (Å²) in [5, 5.41) is 0. The van der Waals surface area contributed by atoms with Crippen LogP contribution in [0, 0.1) is 0 Å². The number of thioether (sulfide) groups is 2. The fourth-order valence-corrected chi connectivity index (χ4v) is 2.57. The smallest absolute Gasteiger partial charge is 0.268 e. The van der Waals surface area contributed by atoms with Gasteiger partial charge in [0.2, 0.25) is 0 Å². The van der Waals surface area contributed by atoms with E-state index < -0.39 is 0 Å². The number of hydrogen-bond acceptors (Lipinski definition) is 2. The van der Waals surface area contributed by atoms with Gasteiger partial charge in [0.15, 0.2) is 6.54 Å². The molecule has 2 nitrogen and oxygen atoms in total. The van der Waals surface area contributed by atoms with Gasteiger partial charge in [0, 0.05) is 0 Å². The Kier molecular flexibility index (Phi) is 3.47. The van der Waals surface area contributed by atoms with E-state index in [1.165, 1.54) is 10.1 Å². The van der Waals surface area contributed by atoms with E-state index in [-0.39, 0.29) is 0 Å². The molecule has 0 aliphatic carbocycles. The van der Waals surface area contributed by atoms with Crippen molar-refractivity contribution in [2.45, 2.75) is 0 Å². The lowest BCUT2D eigenvalue weighted by Crippen LogP contribution is -2.69. The van der Waals surface area contributed by atoms with Gasteiger partial charge in [0.1, 0.15) is 0 Å². The van der Waals surface area contributed by atoms with Crippen molar-refractivity contribution in [2.75, 3.05) is 24.6 Å². The van der Waals surface area contributed by atoms with Crippen molar-refractivity contribution in [3.05, 3.63) is 0 Å². The van der Waals surface area contributed by atoms with E-state index in [4.69, 9.17) is 0 Å². The highest BCUT2D eigenvalue weighted by molar-refractivity contribution is 8.38. The maximum Gasteiger partial charge on any atom is 0.268 e. The van der Waals surface area contributed by atoms with E-state index in [0.29, 0.717) is 0 Å². The highest BCUT2D eigenvalue weighted by Gasteiger charge is 2.13. The van der Waals surface area contributed by atoms with Gasteiger partial charge in [-0.15, -0.1) is 0 Å². The predicted molar refractivity (Wildman–Crippen MR) is 43.5 cm³/mol. The van der Waals surface area contributed by atoms with Crippen molar-refractivity contribution < 1.29 is 10.7 Å². The van der Waals surface area contributed by atoms with Crippen LogP contribution in [0.25, 0.3) is 0 Å². The molecule has 0 bridgehead atoms. The molecule has 4 N–H and O–H groups in total. The standard InChI is InChI=1S/C5H10N2S2/c6-1-3-8-5-7-2-4-9-5/h1-4,6H2/p+2. The molecule has 0 saturated carbocycles. The normalized spacial score (nSPS) is 18.1. The lowest BCUT2D eigenvalue weighted by atomic mass is 10.8. The molecule has 0 radical (unpaired) electrons. The first-order chi connectivity index (χ1) is 4.43. The van der Waals surface area contributed by atoms with E-state index in [9.17, 15) is 0 Å². The minimum atomic E-state index is 1.02. The van der Waals surface area contributed by atoms with E-state index >= 15 is 0 Å². The number of nitrogens with one attached hydrogen (secondary N) is 1. The van der Waals surface area contributed by atoms with Gasteiger partial charge in [-0.1, -0.05) is 0 Å². The molecule has 4 heteroatoms. The molecule has 9 heavy (non-hydrogen) atoms. The van der Waals surface area contributed by atoms with Crippen LogP contribution in [0.5, 0.6) is 0 Å². The average Bonchev–Trinajstić information content (AvgIpc) is 2.34. The minimum absolute atomic E-state index is 1.02. The summed E-state index contributed by atoms with van der Waals surface area (Å²) < 4.78 is 1.39. The lowest BCUT2D eigenvalue weighted by molar-refractivity contribution is -0.441. The zero-order valence-corrected chi connectivity index (χ0v) is 6.99. The molecule has 0 aromatic rings. The van der Waals surface area contributed by atoms with Crippen molar-refractivity contribution >= 4 is 27.9 Å². The Bertz CT molecular complexity index is 114. The summed E-state index contributed by atoms with van der Waals surface area (Å²) in [4.78, 5) is 3.31. The van der Waals surface area contributed by atoms with Crippen LogP contribution in [0.4, 0.5) is 0 Å². The van der Waals surface area contributed by atoms with Crippen molar-refractivity contribution in [3.8, 4) is 0 Å². The second-order valence-corrected chi connectivity index (χ2v) is 4.23. The number of hydrogen-bond donors (Lipinski definition) is 2. The van der Waals surface area contributed by atoms with Gasteiger partial charge in [-0.2, -0.15) is 0 Å². The van der Waals surface area contributed by atoms with Crippen LogP contribution in [0.1, 0.15) is 0 Å². The zero-order chi connectivity index (χ0) is 6.53. The quantitative estimate of drug-likeness (QED) is 0.503. The predicted octanol–water partition coefficient (Wildman–Crippen LogP) is -1.86. The molecule has 1 heterocycles. The van der Waals surface area contributed by atoms with Gasteiger partial charge >= 0.3 is 0 Å². The zero-order valence-electron chi connectivity index (χ0n) is 5.35. The van der Waals surface area contributed by atoms with Gasteiger partial charge < -0.3 is 5.73 Å². The molecule has 1 aliphatic rings. The molecule has 0 atom stereocenters. The van der Waals surface area contributed by atoms with Crippen LogP contribution in [0.2, 0.25) is 0 Å². The number of quaternary nitrogens is 1. The van der Waals surface area contributed by atoms with Crippen LogP contribution in [0.3, 0.4) is 0 Å². The highest BCUT2D eigenvalue weighted by Crippen LogP contribution is 2.12. The second-order valence-electron chi connectivity index (χ2n) is 1.76. The Morgan fingerprint density at radius 1 is 1.78 bits per heavy atom. The summed E-state index contributed by atoms with van der Waals surface area (Å²) in [6.07, 6.45) is 0. The summed E-state index contributed by atoms with van der Waals surface area (Å²) in [5.41, 5.74) is 3.78. The molecule has 52 valence electrons. The second kappa shape index (κ2) is 4.19. The van der Waals surface area contributed by atoms with Crippen LogP contribution >= 0.6 is 23.5 Å². The Morgan fingerprint density at radius 2 is 2.67 bits per heavy atom. The topological polar surface area (TPSA) is 41.6 Å². The van der Waals surface area contributed by atoms with Crippen LogP contribution in [-0.4, -0.2) is 29.0 Å². The molecule has 0 aromatic carbocycles. The fraction of sp³-hybridized carbons (Fsp3) is 0.800. The Labute approximate surface area is 63.7 Å². The third kappa shape index (κ3) is 2.60. The van der Waals surface area contributed by atoms with Gasteiger partial charge in [-0.25, -0.2) is 4.99 Å². The van der Waals surface area contributed by atoms with E-state index in [2.05, 4.69) is 10.7 Å². The molecule has 0 amide bonds. The monoisotopic (exact) mass is 164 g/mol. The van der Waals surface area contributed by atoms with Crippen molar-refractivity contribution in [1.29, 1.82) is 0 Å². The van der Waals surface area contributed by atoms with Crippen LogP contribution in [-0.2, 0) is 0 Å². The van der Waals surface area contributed by atoms with Crippen molar-refractivity contribution in [2.24, 2.45) is 0 Å². The maximum absolute atomic E-state index is 3.78. The first kappa shape index (κ1) is 7.44. The SMILES string of the molecule is [NH3+]CCSC1=[NH+]CCS1. The maximum atomic E-state index is 3.78. The molecule has 0 aromatic heterocycles. The van der Waals surface area contributed by atoms with E-state index in [1.54, 1.807) is 0 Å². The lowest BCUT2D eigenvalue weighted by Gasteiger charge is -1.86. The van der Waals surface area contributed by atoms with Crippen molar-refractivity contribution in [3.63, 3.8) is 0 Å². The molecule has 1 rings (SSSR count).